The van der Waals surface area contributed by atoms with E-state index >= 15 is 0 Å². The van der Waals surface area contributed by atoms with Crippen LogP contribution in [0.4, 0.5) is 0 Å². The second-order valence-electron chi connectivity index (χ2n) is 22.4. The highest BCUT2D eigenvalue weighted by molar-refractivity contribution is 8.24. The Labute approximate surface area is 590 Å². The lowest BCUT2D eigenvalue weighted by molar-refractivity contribution is 0.280. The van der Waals surface area contributed by atoms with Crippen LogP contribution in [0.5, 0.6) is 0 Å². The molecule has 0 aliphatic carbocycles. The van der Waals surface area contributed by atoms with Gasteiger partial charge in [-0.25, -0.2) is 0 Å². The monoisotopic (exact) mass is 2000 g/mol. The molecule has 0 aromatic carbocycles. The zero-order chi connectivity index (χ0) is 70.4. The first-order chi connectivity index (χ1) is 41.9. The van der Waals surface area contributed by atoms with Gasteiger partial charge in [0.2, 0.25) is 73.9 Å². The molecule has 0 fully saturated rings. The third kappa shape index (κ3) is 19.2. The van der Waals surface area contributed by atoms with E-state index in [9.17, 15) is 120 Å². The lowest BCUT2D eigenvalue weighted by atomic mass is 11.8. The van der Waals surface area contributed by atoms with Gasteiger partial charge in [0.05, 0.1) is 9.76 Å². The van der Waals surface area contributed by atoms with Gasteiger partial charge in [0.1, 0.15) is 0 Å². The van der Waals surface area contributed by atoms with E-state index in [1.807, 2.05) is 0 Å². The van der Waals surface area contributed by atoms with Gasteiger partial charge in [0.25, 0.3) is 108 Å². The molecule has 7 atom stereocenters. The van der Waals surface area contributed by atoms with E-state index < -0.39 is 355 Å². The van der Waals surface area contributed by atoms with Crippen LogP contribution in [0.25, 0.3) is 0 Å². The average Bonchev–Trinajstić information content (AvgIpc) is 0.639. The molecular weight excluding hydrogens is 1900 g/mol. The molecule has 0 aliphatic rings. The van der Waals surface area contributed by atoms with Crippen LogP contribution in [0.15, 0.2) is 0 Å². The third-order valence-electron chi connectivity index (χ3n) is 15.3. The van der Waals surface area contributed by atoms with E-state index in [-0.39, 0.29) is 0 Å². The summed E-state index contributed by atoms with van der Waals surface area (Å²) in [5, 5.41) is 0. The van der Waals surface area contributed by atoms with Gasteiger partial charge in [-0.15, -0.1) is 0 Å². The molecular formula is C9H102O40Si41. The Kier molecular flexibility index (Phi) is 45.4. The molecule has 542 valence electrons. The third-order valence-corrected chi connectivity index (χ3v) is 440. The van der Waals surface area contributed by atoms with Gasteiger partial charge >= 0.3 is 46.5 Å². The lowest BCUT2D eigenvalue weighted by Gasteiger charge is -2.72. The van der Waals surface area contributed by atoms with E-state index in [0.717, 1.165) is 26.8 Å². The smallest absolute Gasteiger partial charge is 0.338 e. The summed E-state index contributed by atoms with van der Waals surface area (Å²) in [6, 6.07) is 0. The summed E-state index contributed by atoms with van der Waals surface area (Å²) < 4.78 is 107. The summed E-state index contributed by atoms with van der Waals surface area (Å²) in [7, 11) is -127. The second-order valence-corrected chi connectivity index (χ2v) is 258. The van der Waals surface area contributed by atoms with Crippen molar-refractivity contribution in [1.29, 1.82) is 0 Å². The van der Waals surface area contributed by atoms with Gasteiger partial charge in [-0.2, -0.15) is 0 Å². The molecule has 7 unspecified atom stereocenters. The summed E-state index contributed by atoms with van der Waals surface area (Å²) in [5.41, 5.74) is 0. The number of hydrogen-bond donors (Lipinski definition) is 25. The predicted octanol–water partition coefficient (Wildman–Crippen LogP) is -39.1. The molecule has 25 N–H and O–H groups in total. The van der Waals surface area contributed by atoms with Gasteiger partial charge in [0, 0.05) is 7.11 Å². The van der Waals surface area contributed by atoms with E-state index in [1.54, 1.807) is 19.6 Å². The molecule has 0 aromatic heterocycles. The second kappa shape index (κ2) is 42.0. The van der Waals surface area contributed by atoms with E-state index in [0.29, 0.717) is 0 Å². The molecule has 0 bridgehead atoms. The summed E-state index contributed by atoms with van der Waals surface area (Å²) in [4.78, 5) is 314. The molecule has 81 heteroatoms. The minimum atomic E-state index is -7.64. The lowest BCUT2D eigenvalue weighted by Crippen LogP contribution is -3.15. The molecule has 0 amide bonds. The minimum absolute atomic E-state index is 0.428. The van der Waals surface area contributed by atoms with Crippen molar-refractivity contribution in [1.82, 2.24) is 0 Å². The Morgan fingerprint density at radius 1 is 0.333 bits per heavy atom. The first-order valence-electron chi connectivity index (χ1n) is 27.2. The number of hydrogen-bond acceptors (Lipinski definition) is 40. The Hall–Kier alpha value is 7.29. The van der Waals surface area contributed by atoms with Crippen molar-refractivity contribution in [3.05, 3.63) is 0 Å². The van der Waals surface area contributed by atoms with Crippen LogP contribution in [0.2, 0.25) is 52.4 Å². The Bertz CT molecular complexity index is 1980. The molecule has 0 radical (unpaired) electrons. The van der Waals surface area contributed by atoms with E-state index in [4.69, 9.17) is 62.0 Å². The van der Waals surface area contributed by atoms with Crippen LogP contribution in [-0.2, 0) is 62.0 Å². The molecule has 0 rings (SSSR count). The van der Waals surface area contributed by atoms with Gasteiger partial charge < -0.3 is 182 Å². The minimum Gasteiger partial charge on any atom is -0.441 e. The summed E-state index contributed by atoms with van der Waals surface area (Å²) in [6.07, 6.45) is 0. The van der Waals surface area contributed by atoms with Crippen molar-refractivity contribution in [3.8, 4) is 0 Å². The summed E-state index contributed by atoms with van der Waals surface area (Å²) in [5.74, 6) is 0. The maximum atomic E-state index is 14.1. The molecule has 0 saturated carbocycles. The molecule has 0 heterocycles. The van der Waals surface area contributed by atoms with Gasteiger partial charge in [-0.05, 0) is 52.4 Å². The van der Waals surface area contributed by atoms with Crippen molar-refractivity contribution in [3.63, 3.8) is 0 Å². The Balaban J connectivity index is 14.6. The standard InChI is InChI=1S/C9H102O40Si41/c1-35-78(50,59-18)46-81(83(64-23,65-24)38-53-12,87(72-31,42-57-16)74(2)33)49-82(45-77(8,9)44-75(3,4)5,89(84(66-25,67-26)39-54-13,85(68-27,69-28)40-55-14)47-79(60-19,61-20)36-51-10)90(86(70-29,71-30)41-56-15,48-80(62-21,63-22)37-52-11)88(73-32,43-58-17)76(6,7)34/h10-34,74H,51-73H2,1-9,50H3. The molecule has 0 aromatic rings. The normalized spacial score (nSPS) is 25.4. The predicted molar refractivity (Wildman–Crippen MR) is 430 cm³/mol. The fourth-order valence-electron chi connectivity index (χ4n) is 11.2. The van der Waals surface area contributed by atoms with Crippen LogP contribution in [0.1, 0.15) is 0 Å². The highest BCUT2D eigenvalue weighted by atomic mass is 30.5. The van der Waals surface area contributed by atoms with Crippen LogP contribution in [0, 0.1) is 0 Å². The highest BCUT2D eigenvalue weighted by Crippen LogP contribution is 2.55. The van der Waals surface area contributed by atoms with Crippen molar-refractivity contribution in [2.75, 3.05) is 7.11 Å². The van der Waals surface area contributed by atoms with Crippen LogP contribution >= 0.6 is 0 Å². The molecule has 0 saturated heterocycles. The fraction of sp³-hybridized carbons (Fsp3) is 1.00. The molecule has 90 heavy (non-hydrogen) atoms. The fourth-order valence-corrected chi connectivity index (χ4v) is 756. The molecule has 40 nitrogen and oxygen atoms in total. The number of rotatable bonds is 54. The maximum Gasteiger partial charge on any atom is 0.338 e. The topological polar surface area (TPSA) is 644 Å². The van der Waals surface area contributed by atoms with Crippen LogP contribution < -0.4 is 0 Å². The maximum absolute atomic E-state index is 14.1. The Morgan fingerprint density at radius 3 is 0.922 bits per heavy atom. The molecule has 0 aliphatic heterocycles. The van der Waals surface area contributed by atoms with Crippen LogP contribution in [-0.4, -0.2) is 482 Å². The van der Waals surface area contributed by atoms with Crippen molar-refractivity contribution in [2.45, 2.75) is 52.4 Å². The van der Waals surface area contributed by atoms with Crippen LogP contribution in [0.3, 0.4) is 0 Å². The van der Waals surface area contributed by atoms with Gasteiger partial charge in [-0.3, -0.25) is 0 Å². The van der Waals surface area contributed by atoms with Crippen molar-refractivity contribution >= 4 is 355 Å². The zero-order valence-electron chi connectivity index (χ0n) is 52.1. The van der Waals surface area contributed by atoms with Crippen molar-refractivity contribution in [2.24, 2.45) is 0 Å². The average molecular weight is 2000 g/mol. The van der Waals surface area contributed by atoms with E-state index in [1.165, 1.54) is 13.1 Å². The SMILES string of the molecule is CO[Si]([SiH3])(O[Si](O[Si](O[Si](C)(C)O[Si](C)(C)C)([Si](O[Si](O[SiH2]O)([SiH2]O)[SiH2]O)([Si](O[SiH2]O)([SiH2]O)[SiH2]O)[Si](O[SiH2]O)([SiH2]O)[SiH2]O)[Si](O[Si](O[SiH2]O)([SiH2]O)[SiH2]O)([Si](O[SiH2]O)([SiH2]O)[SiH2]O)[Si](O[SiH2]O)([SiH2]O)[Si](C)(C)O)([Si](O[SiH2]O)([SiH2]O)[SiH2]O)[Si](O[SiH2]O)([SiH2]O)[SiH](C)O)[SiH2]O. The summed E-state index contributed by atoms with van der Waals surface area (Å²) >= 11 is 0. The van der Waals surface area contributed by atoms with Crippen molar-refractivity contribution < 1.29 is 182 Å². The first kappa shape index (κ1) is 97.3. The van der Waals surface area contributed by atoms with Gasteiger partial charge in [0.15, 0.2) is 118 Å². The van der Waals surface area contributed by atoms with E-state index in [2.05, 4.69) is 0 Å². The zero-order valence-corrected chi connectivity index (χ0v) is 104. The summed E-state index contributed by atoms with van der Waals surface area (Å²) in [6.45, 7) is -38.6. The highest BCUT2D eigenvalue weighted by Gasteiger charge is 3.01. The first-order valence-corrected chi connectivity index (χ1v) is 131. The Morgan fingerprint density at radius 2 is 0.667 bits per heavy atom. The largest absolute Gasteiger partial charge is 0.441 e. The van der Waals surface area contributed by atoms with Gasteiger partial charge in [-0.1, -0.05) is 0 Å². The quantitative estimate of drug-likeness (QED) is 0.0251. The molecule has 0 spiro atoms.